The van der Waals surface area contributed by atoms with Gasteiger partial charge < -0.3 is 14.4 Å². The smallest absolute Gasteiger partial charge is 0.185 e. The summed E-state index contributed by atoms with van der Waals surface area (Å²) in [6, 6.07) is 7.85. The van der Waals surface area contributed by atoms with E-state index in [9.17, 15) is 8.42 Å². The molecule has 0 aliphatic carbocycles. The van der Waals surface area contributed by atoms with E-state index in [4.69, 9.17) is 14.5 Å². The molecule has 1 aliphatic rings. The summed E-state index contributed by atoms with van der Waals surface area (Å²) in [6.07, 6.45) is 1.85. The van der Waals surface area contributed by atoms with Crippen LogP contribution in [0.4, 0.5) is 5.13 Å². The van der Waals surface area contributed by atoms with Crippen LogP contribution in [-0.2, 0) is 16.3 Å². The largest absolute Gasteiger partial charge is 0.497 e. The SMILES string of the molecule is COc1ccc(OC)c(Cc2csc(N3CCC(S(=O)(=O)c4c(C)c(C)cc(C)c4C)CC3)n2)c1. The van der Waals surface area contributed by atoms with Crippen LogP contribution in [0.5, 0.6) is 11.5 Å². The molecule has 8 heteroatoms. The Bertz CT molecular complexity index is 1300. The quantitative estimate of drug-likeness (QED) is 0.419. The maximum Gasteiger partial charge on any atom is 0.185 e. The number of methoxy groups -OCH3 is 2. The molecular weight excluding hydrogens is 480 g/mol. The van der Waals surface area contributed by atoms with Crippen LogP contribution >= 0.6 is 11.3 Å². The number of rotatable bonds is 7. The third-order valence-electron chi connectivity index (χ3n) is 7.13. The van der Waals surface area contributed by atoms with Gasteiger partial charge in [-0.2, -0.15) is 0 Å². The molecule has 1 aromatic heterocycles. The van der Waals surface area contributed by atoms with Crippen LogP contribution in [0, 0.1) is 27.7 Å². The van der Waals surface area contributed by atoms with Gasteiger partial charge in [0.2, 0.25) is 0 Å². The molecule has 0 radical (unpaired) electrons. The zero-order valence-corrected chi connectivity index (χ0v) is 23.0. The Kier molecular flexibility index (Phi) is 7.43. The molecule has 1 fully saturated rings. The van der Waals surface area contributed by atoms with E-state index >= 15 is 0 Å². The van der Waals surface area contributed by atoms with E-state index in [0.29, 0.717) is 37.2 Å². The van der Waals surface area contributed by atoms with Gasteiger partial charge in [-0.05, 0) is 81.0 Å². The van der Waals surface area contributed by atoms with Crippen LogP contribution in [0.1, 0.15) is 46.4 Å². The van der Waals surface area contributed by atoms with E-state index in [0.717, 1.165) is 50.1 Å². The van der Waals surface area contributed by atoms with Crippen molar-refractivity contribution < 1.29 is 17.9 Å². The first-order valence-corrected chi connectivity index (χ1v) is 14.3. The number of anilines is 1. The molecule has 2 heterocycles. The second-order valence-corrected chi connectivity index (χ2v) is 12.3. The molecule has 0 bridgehead atoms. The zero-order valence-electron chi connectivity index (χ0n) is 21.3. The molecule has 1 saturated heterocycles. The molecule has 6 nitrogen and oxygen atoms in total. The zero-order chi connectivity index (χ0) is 25.3. The lowest BCUT2D eigenvalue weighted by atomic mass is 10.0. The average Bonchev–Trinajstić information content (AvgIpc) is 3.31. The van der Waals surface area contributed by atoms with Crippen molar-refractivity contribution in [1.29, 1.82) is 0 Å². The minimum Gasteiger partial charge on any atom is -0.497 e. The minimum absolute atomic E-state index is 0.363. The van der Waals surface area contributed by atoms with Gasteiger partial charge in [0.25, 0.3) is 0 Å². The summed E-state index contributed by atoms with van der Waals surface area (Å²) < 4.78 is 38.1. The van der Waals surface area contributed by atoms with Crippen molar-refractivity contribution in [2.45, 2.75) is 57.1 Å². The number of piperidine rings is 1. The van der Waals surface area contributed by atoms with Gasteiger partial charge in [-0.25, -0.2) is 13.4 Å². The van der Waals surface area contributed by atoms with Gasteiger partial charge in [0, 0.05) is 30.5 Å². The maximum atomic E-state index is 13.6. The highest BCUT2D eigenvalue weighted by Gasteiger charge is 2.34. The predicted octanol–water partition coefficient (Wildman–Crippen LogP) is 5.43. The van der Waals surface area contributed by atoms with E-state index < -0.39 is 9.84 Å². The molecule has 188 valence electrons. The normalized spacial score (nSPS) is 14.9. The van der Waals surface area contributed by atoms with Crippen molar-refractivity contribution in [3.05, 3.63) is 63.2 Å². The van der Waals surface area contributed by atoms with Gasteiger partial charge in [-0.3, -0.25) is 0 Å². The molecule has 1 aliphatic heterocycles. The van der Waals surface area contributed by atoms with Crippen molar-refractivity contribution in [3.8, 4) is 11.5 Å². The lowest BCUT2D eigenvalue weighted by Gasteiger charge is -2.32. The number of aryl methyl sites for hydroxylation is 2. The van der Waals surface area contributed by atoms with E-state index in [1.807, 2.05) is 45.9 Å². The Morgan fingerprint density at radius 1 is 1.00 bits per heavy atom. The highest BCUT2D eigenvalue weighted by Crippen LogP contribution is 2.34. The molecule has 0 N–H and O–H groups in total. The number of nitrogens with zero attached hydrogens (tertiary/aromatic N) is 2. The lowest BCUT2D eigenvalue weighted by molar-refractivity contribution is 0.399. The summed E-state index contributed by atoms with van der Waals surface area (Å²) in [5, 5.41) is 2.65. The monoisotopic (exact) mass is 514 g/mol. The average molecular weight is 515 g/mol. The van der Waals surface area contributed by atoms with E-state index in [2.05, 4.69) is 16.3 Å². The summed E-state index contributed by atoms with van der Waals surface area (Å²) in [5.41, 5.74) is 5.82. The Balaban J connectivity index is 1.47. The first-order chi connectivity index (χ1) is 16.6. The summed E-state index contributed by atoms with van der Waals surface area (Å²) in [7, 11) is -0.0776. The molecule has 4 rings (SSSR count). The molecular formula is C27H34N2O4S2. The van der Waals surface area contributed by atoms with Crippen LogP contribution in [0.15, 0.2) is 34.5 Å². The van der Waals surface area contributed by atoms with Crippen molar-refractivity contribution in [3.63, 3.8) is 0 Å². The number of hydrogen-bond donors (Lipinski definition) is 0. The number of aromatic nitrogens is 1. The molecule has 0 spiro atoms. The molecule has 0 atom stereocenters. The number of thiazole rings is 1. The number of ether oxygens (including phenoxy) is 2. The Morgan fingerprint density at radius 2 is 1.66 bits per heavy atom. The van der Waals surface area contributed by atoms with E-state index in [1.54, 1.807) is 25.6 Å². The van der Waals surface area contributed by atoms with Gasteiger partial charge >= 0.3 is 0 Å². The van der Waals surface area contributed by atoms with Gasteiger partial charge in [0.1, 0.15) is 11.5 Å². The second-order valence-electron chi connectivity index (χ2n) is 9.30. The first kappa shape index (κ1) is 25.5. The van der Waals surface area contributed by atoms with Crippen LogP contribution in [0.2, 0.25) is 0 Å². The van der Waals surface area contributed by atoms with Gasteiger partial charge in [-0.15, -0.1) is 11.3 Å². The molecule has 0 unspecified atom stereocenters. The number of sulfone groups is 1. The van der Waals surface area contributed by atoms with Gasteiger partial charge in [0.05, 0.1) is 30.1 Å². The fourth-order valence-electron chi connectivity index (χ4n) is 4.87. The van der Waals surface area contributed by atoms with E-state index in [-0.39, 0.29) is 5.25 Å². The summed E-state index contributed by atoms with van der Waals surface area (Å²) in [6.45, 7) is 9.20. The van der Waals surface area contributed by atoms with Crippen LogP contribution in [0.3, 0.4) is 0 Å². The fourth-order valence-corrected chi connectivity index (χ4v) is 8.09. The third kappa shape index (κ3) is 5.05. The van der Waals surface area contributed by atoms with Crippen LogP contribution in [-0.4, -0.2) is 46.0 Å². The number of hydrogen-bond acceptors (Lipinski definition) is 7. The van der Waals surface area contributed by atoms with Crippen molar-refractivity contribution in [1.82, 2.24) is 4.98 Å². The maximum absolute atomic E-state index is 13.6. The standard InChI is InChI=1S/C27H34N2O4S2/c1-17-13-18(2)20(4)26(19(17)3)35(30,31)24-9-11-29(12-10-24)27-28-22(16-34-27)14-21-15-23(32-5)7-8-25(21)33-6/h7-8,13,15-16,24H,9-12,14H2,1-6H3. The second kappa shape index (κ2) is 10.2. The van der Waals surface area contributed by atoms with Gasteiger partial charge in [-0.1, -0.05) is 6.07 Å². The minimum atomic E-state index is -3.39. The topological polar surface area (TPSA) is 68.7 Å². The Morgan fingerprint density at radius 3 is 2.26 bits per heavy atom. The third-order valence-corrected chi connectivity index (χ3v) is 10.6. The summed E-state index contributed by atoms with van der Waals surface area (Å²) in [5.74, 6) is 1.59. The highest BCUT2D eigenvalue weighted by atomic mass is 32.2. The lowest BCUT2D eigenvalue weighted by Crippen LogP contribution is -2.39. The summed E-state index contributed by atoms with van der Waals surface area (Å²) in [4.78, 5) is 7.61. The van der Waals surface area contributed by atoms with Crippen molar-refractivity contribution in [2.75, 3.05) is 32.2 Å². The highest BCUT2D eigenvalue weighted by molar-refractivity contribution is 7.92. The van der Waals surface area contributed by atoms with Crippen molar-refractivity contribution >= 4 is 26.3 Å². The van der Waals surface area contributed by atoms with E-state index in [1.165, 1.54) is 0 Å². The Labute approximate surface area is 212 Å². The molecule has 0 saturated carbocycles. The molecule has 3 aromatic rings. The van der Waals surface area contributed by atoms with Gasteiger partial charge in [0.15, 0.2) is 15.0 Å². The van der Waals surface area contributed by atoms with Crippen LogP contribution in [0.25, 0.3) is 0 Å². The summed E-state index contributed by atoms with van der Waals surface area (Å²) >= 11 is 1.61. The van der Waals surface area contributed by atoms with Crippen molar-refractivity contribution in [2.24, 2.45) is 0 Å². The predicted molar refractivity (Wildman–Crippen MR) is 142 cm³/mol. The molecule has 0 amide bonds. The first-order valence-electron chi connectivity index (χ1n) is 11.9. The number of benzene rings is 2. The van der Waals surface area contributed by atoms with Crippen LogP contribution < -0.4 is 14.4 Å². The molecule has 2 aromatic carbocycles. The fraction of sp³-hybridized carbons (Fsp3) is 0.444. The Hall–Kier alpha value is -2.58. The molecule has 35 heavy (non-hydrogen) atoms.